The number of aromatic nitrogens is 4. The van der Waals surface area contributed by atoms with Gasteiger partial charge in [-0.25, -0.2) is 14.4 Å². The molecule has 0 bridgehead atoms. The number of nitrogens with one attached hydrogen (secondary N) is 1. The molecule has 6 nitrogen and oxygen atoms in total. The van der Waals surface area contributed by atoms with Crippen LogP contribution in [-0.4, -0.2) is 44.5 Å². The van der Waals surface area contributed by atoms with Gasteiger partial charge in [-0.1, -0.05) is 13.8 Å². The van der Waals surface area contributed by atoms with E-state index in [1.54, 1.807) is 18.3 Å². The zero-order valence-electron chi connectivity index (χ0n) is 15.6. The molecule has 3 aromatic heterocycles. The summed E-state index contributed by atoms with van der Waals surface area (Å²) in [4.78, 5) is 10.9. The number of hydrogen-bond acceptors (Lipinski definition) is 5. The van der Waals surface area contributed by atoms with Gasteiger partial charge in [0.1, 0.15) is 11.5 Å². The number of pyridine rings is 2. The van der Waals surface area contributed by atoms with Gasteiger partial charge >= 0.3 is 0 Å². The minimum Gasteiger partial charge on any atom is -0.393 e. The fourth-order valence-electron chi connectivity index (χ4n) is 3.88. The molecular formula is C20H28FN5O. The molecule has 2 atom stereocenters. The Hall–Kier alpha value is -2.54. The van der Waals surface area contributed by atoms with Crippen LogP contribution in [0.1, 0.15) is 29.5 Å². The number of nitrogens with zero attached hydrogens (tertiary/aromatic N) is 4. The van der Waals surface area contributed by atoms with E-state index < -0.39 is 5.82 Å². The Morgan fingerprint density at radius 2 is 2.22 bits per heavy atom. The summed E-state index contributed by atoms with van der Waals surface area (Å²) in [6.45, 7) is 5.76. The highest BCUT2D eigenvalue weighted by Gasteiger charge is 2.29. The van der Waals surface area contributed by atoms with E-state index in [2.05, 4.69) is 38.9 Å². The van der Waals surface area contributed by atoms with Crippen molar-refractivity contribution in [2.24, 2.45) is 11.8 Å². The van der Waals surface area contributed by atoms with Gasteiger partial charge in [-0.2, -0.15) is 5.10 Å². The van der Waals surface area contributed by atoms with Crippen LogP contribution < -0.4 is 4.90 Å². The molecule has 3 aromatic rings. The topological polar surface area (TPSA) is 77.9 Å². The second kappa shape index (κ2) is 7.23. The third kappa shape index (κ3) is 3.51. The lowest BCUT2D eigenvalue weighted by Gasteiger charge is -2.37. The molecule has 4 heterocycles. The fourth-order valence-corrected chi connectivity index (χ4v) is 3.88. The smallest absolute Gasteiger partial charge is 0.181 e. The van der Waals surface area contributed by atoms with Gasteiger partial charge in [-0.3, -0.25) is 5.10 Å². The Bertz CT molecular complexity index is 952. The summed E-state index contributed by atoms with van der Waals surface area (Å²) in [5, 5.41) is 18.1. The monoisotopic (exact) mass is 373 g/mol. The van der Waals surface area contributed by atoms with Crippen molar-refractivity contribution >= 4 is 16.9 Å². The van der Waals surface area contributed by atoms with Crippen LogP contribution in [0.3, 0.4) is 0 Å². The van der Waals surface area contributed by atoms with Gasteiger partial charge < -0.3 is 10.0 Å². The highest BCUT2D eigenvalue weighted by Crippen LogP contribution is 2.30. The average molecular weight is 373 g/mol. The SMILES string of the molecule is CC(C)C[C@H]1CN(c2ccc(F)c(-c3[nH]nc4ncccc34)n2)CC[C@@H]1O.[HH].[HH]. The van der Waals surface area contributed by atoms with E-state index in [1.807, 2.05) is 6.07 Å². The van der Waals surface area contributed by atoms with Gasteiger partial charge in [0.25, 0.3) is 0 Å². The van der Waals surface area contributed by atoms with Crippen molar-refractivity contribution in [1.29, 1.82) is 0 Å². The highest BCUT2D eigenvalue weighted by atomic mass is 19.1. The molecule has 0 spiro atoms. The van der Waals surface area contributed by atoms with Gasteiger partial charge in [0.15, 0.2) is 11.5 Å². The van der Waals surface area contributed by atoms with Crippen molar-refractivity contribution in [3.8, 4) is 11.4 Å². The summed E-state index contributed by atoms with van der Waals surface area (Å²) in [6, 6.07) is 6.81. The van der Waals surface area contributed by atoms with Crippen molar-refractivity contribution in [1.82, 2.24) is 20.2 Å². The molecule has 7 heteroatoms. The van der Waals surface area contributed by atoms with E-state index in [4.69, 9.17) is 0 Å². The Morgan fingerprint density at radius 3 is 3.04 bits per heavy atom. The second-order valence-electron chi connectivity index (χ2n) is 7.66. The molecule has 0 aliphatic carbocycles. The first-order valence-corrected chi connectivity index (χ1v) is 9.42. The minimum absolute atomic E-state index is 0. The lowest BCUT2D eigenvalue weighted by atomic mass is 9.87. The van der Waals surface area contributed by atoms with Crippen LogP contribution in [0.15, 0.2) is 30.5 Å². The molecule has 0 aromatic carbocycles. The van der Waals surface area contributed by atoms with Gasteiger partial charge in [0.05, 0.1) is 11.8 Å². The lowest BCUT2D eigenvalue weighted by molar-refractivity contribution is 0.0764. The normalized spacial score (nSPS) is 20.6. The maximum Gasteiger partial charge on any atom is 0.181 e. The number of rotatable bonds is 4. The van der Waals surface area contributed by atoms with Crippen LogP contribution in [0.4, 0.5) is 10.2 Å². The van der Waals surface area contributed by atoms with E-state index in [0.717, 1.165) is 24.2 Å². The molecule has 1 saturated heterocycles. The van der Waals surface area contributed by atoms with Gasteiger partial charge in [0.2, 0.25) is 0 Å². The maximum atomic E-state index is 14.5. The first-order chi connectivity index (χ1) is 13.0. The Balaban J connectivity index is 0.00000150. The van der Waals surface area contributed by atoms with E-state index in [0.29, 0.717) is 30.2 Å². The van der Waals surface area contributed by atoms with E-state index in [1.165, 1.54) is 6.07 Å². The van der Waals surface area contributed by atoms with Crippen LogP contribution in [0.2, 0.25) is 0 Å². The highest BCUT2D eigenvalue weighted by molar-refractivity contribution is 5.89. The summed E-state index contributed by atoms with van der Waals surface area (Å²) in [5.41, 5.74) is 1.32. The third-order valence-corrected chi connectivity index (χ3v) is 5.19. The number of halogens is 1. The van der Waals surface area contributed by atoms with Crippen molar-refractivity contribution in [2.75, 3.05) is 18.0 Å². The fraction of sp³-hybridized carbons (Fsp3) is 0.450. The molecule has 4 rings (SSSR count). The Kier molecular flexibility index (Phi) is 4.78. The largest absolute Gasteiger partial charge is 0.393 e. The predicted molar refractivity (Wildman–Crippen MR) is 107 cm³/mol. The molecule has 0 radical (unpaired) electrons. The number of anilines is 1. The standard InChI is InChI=1S/C20H24FN5O.2H2/c1-12(2)10-13-11-26(9-7-16(13)27)17-6-5-15(21)19(23-17)18-14-4-3-8-22-20(14)25-24-18;;/h3-6,8,12-13,16,27H,7,9-11H2,1-2H3,(H,22,24,25);2*1H/t13-,16-;;/m0../s1. The van der Waals surface area contributed by atoms with Crippen molar-refractivity contribution in [3.05, 3.63) is 36.3 Å². The number of fused-ring (bicyclic) bond motifs is 1. The number of hydrogen-bond donors (Lipinski definition) is 2. The first-order valence-electron chi connectivity index (χ1n) is 9.42. The minimum atomic E-state index is -0.399. The molecule has 0 amide bonds. The number of aliphatic hydroxyl groups excluding tert-OH is 1. The summed E-state index contributed by atoms with van der Waals surface area (Å²) < 4.78 is 14.5. The van der Waals surface area contributed by atoms with Crippen LogP contribution in [0, 0.1) is 17.7 Å². The molecule has 1 aliphatic heterocycles. The molecule has 2 N–H and O–H groups in total. The second-order valence-corrected chi connectivity index (χ2v) is 7.66. The van der Waals surface area contributed by atoms with E-state index in [9.17, 15) is 9.50 Å². The predicted octanol–water partition coefficient (Wildman–Crippen LogP) is 3.88. The maximum absolute atomic E-state index is 14.5. The average Bonchev–Trinajstić information content (AvgIpc) is 3.08. The van der Waals surface area contributed by atoms with Crippen LogP contribution in [-0.2, 0) is 0 Å². The van der Waals surface area contributed by atoms with E-state index in [-0.39, 0.29) is 20.6 Å². The summed E-state index contributed by atoms with van der Waals surface area (Å²) in [5.74, 6) is 1.04. The molecule has 0 saturated carbocycles. The molecule has 1 fully saturated rings. The van der Waals surface area contributed by atoms with Crippen LogP contribution in [0.25, 0.3) is 22.4 Å². The number of piperidine rings is 1. The Labute approximate surface area is 160 Å². The molecule has 27 heavy (non-hydrogen) atoms. The van der Waals surface area contributed by atoms with Crippen LogP contribution >= 0.6 is 0 Å². The van der Waals surface area contributed by atoms with Crippen molar-refractivity contribution in [2.45, 2.75) is 32.8 Å². The third-order valence-electron chi connectivity index (χ3n) is 5.19. The quantitative estimate of drug-likeness (QED) is 0.725. The van der Waals surface area contributed by atoms with Crippen molar-refractivity contribution < 1.29 is 12.4 Å². The molecule has 0 unspecified atom stereocenters. The Morgan fingerprint density at radius 1 is 1.37 bits per heavy atom. The molecule has 146 valence electrons. The van der Waals surface area contributed by atoms with Gasteiger partial charge in [-0.05, 0) is 43.0 Å². The summed E-state index contributed by atoms with van der Waals surface area (Å²) in [7, 11) is 0. The van der Waals surface area contributed by atoms with Gasteiger partial charge in [-0.15, -0.1) is 0 Å². The number of aromatic amines is 1. The van der Waals surface area contributed by atoms with Crippen LogP contribution in [0.5, 0.6) is 0 Å². The van der Waals surface area contributed by atoms with Gasteiger partial charge in [0, 0.05) is 33.4 Å². The number of H-pyrrole nitrogens is 1. The number of aliphatic hydroxyl groups is 1. The molecular weight excluding hydrogens is 345 g/mol. The summed E-state index contributed by atoms with van der Waals surface area (Å²) in [6.07, 6.45) is 3.03. The first kappa shape index (κ1) is 17.9. The van der Waals surface area contributed by atoms with Crippen molar-refractivity contribution in [3.63, 3.8) is 0 Å². The zero-order chi connectivity index (χ0) is 19.0. The molecule has 1 aliphatic rings. The zero-order valence-corrected chi connectivity index (χ0v) is 15.6. The summed E-state index contributed by atoms with van der Waals surface area (Å²) >= 11 is 0. The lowest BCUT2D eigenvalue weighted by Crippen LogP contribution is -2.44. The van der Waals surface area contributed by atoms with E-state index >= 15 is 0 Å².